The number of aromatic nitrogens is 1. The van der Waals surface area contributed by atoms with Gasteiger partial charge in [-0.2, -0.15) is 8.78 Å². The predicted octanol–water partition coefficient (Wildman–Crippen LogP) is 8.61. The topological polar surface area (TPSA) is 121 Å². The summed E-state index contributed by atoms with van der Waals surface area (Å²) in [6.45, 7) is 4.03. The molecule has 1 aliphatic rings. The molecule has 4 unspecified atom stereocenters. The smallest absolute Gasteiger partial charge is 0.387 e. The Hall–Kier alpha value is -2.81. The highest BCUT2D eigenvalue weighted by molar-refractivity contribution is 8.14. The lowest BCUT2D eigenvalue weighted by Crippen LogP contribution is -2.48. The minimum Gasteiger partial charge on any atom is -0.489 e. The van der Waals surface area contributed by atoms with Gasteiger partial charge in [0.15, 0.2) is 22.4 Å². The number of rotatable bonds is 20. The minimum atomic E-state index is -4.11. The SMILES string of the molecule is CCC(NS(=O)(=O)c1ccccc1)C(=O)C(CC(C)(CC)SC(C)=O)OC(Cc1c(Cl)cncc1Cl)c1ccc(OC(F)F)c(OCC2CC2)c1. The van der Waals surface area contributed by atoms with Crippen LogP contribution in [0.25, 0.3) is 0 Å². The fourth-order valence-corrected chi connectivity index (χ4v) is 8.32. The molecule has 3 aromatic rings. The van der Waals surface area contributed by atoms with Crippen LogP contribution in [0.3, 0.4) is 0 Å². The zero-order chi connectivity index (χ0) is 37.3. The Morgan fingerprint density at radius 1 is 1.06 bits per heavy atom. The summed E-state index contributed by atoms with van der Waals surface area (Å²) in [5.74, 6) is -0.359. The van der Waals surface area contributed by atoms with Crippen LogP contribution in [-0.2, 0) is 30.8 Å². The fourth-order valence-electron chi connectivity index (χ4n) is 5.42. The number of pyridine rings is 1. The number of hydrogen-bond acceptors (Lipinski definition) is 9. The van der Waals surface area contributed by atoms with Crippen molar-refractivity contribution in [2.75, 3.05) is 6.61 Å². The first-order valence-electron chi connectivity index (χ1n) is 16.6. The van der Waals surface area contributed by atoms with Gasteiger partial charge in [-0.1, -0.05) is 73.1 Å². The number of halogens is 4. The van der Waals surface area contributed by atoms with E-state index in [4.69, 9.17) is 37.4 Å². The van der Waals surface area contributed by atoms with E-state index in [1.165, 1.54) is 49.6 Å². The Balaban J connectivity index is 1.80. The van der Waals surface area contributed by atoms with Gasteiger partial charge < -0.3 is 14.2 Å². The molecule has 0 bridgehead atoms. The Kier molecular flexibility index (Phi) is 14.7. The molecule has 0 aliphatic heterocycles. The van der Waals surface area contributed by atoms with Crippen molar-refractivity contribution in [1.82, 2.24) is 9.71 Å². The van der Waals surface area contributed by atoms with Crippen molar-refractivity contribution >= 4 is 55.9 Å². The third-order valence-electron chi connectivity index (χ3n) is 8.57. The van der Waals surface area contributed by atoms with E-state index >= 15 is 0 Å². The van der Waals surface area contributed by atoms with Crippen LogP contribution in [0.4, 0.5) is 8.78 Å². The van der Waals surface area contributed by atoms with Gasteiger partial charge in [0.05, 0.1) is 33.7 Å². The summed E-state index contributed by atoms with van der Waals surface area (Å²) in [5, 5.41) is 0.296. The number of sulfonamides is 1. The van der Waals surface area contributed by atoms with Gasteiger partial charge in [-0.3, -0.25) is 14.6 Å². The molecule has 1 aromatic heterocycles. The van der Waals surface area contributed by atoms with Crippen molar-refractivity contribution < 1.29 is 41.0 Å². The molecule has 1 saturated carbocycles. The third kappa shape index (κ3) is 11.8. The van der Waals surface area contributed by atoms with Crippen LogP contribution in [-0.4, -0.2) is 54.4 Å². The highest BCUT2D eigenvalue weighted by Crippen LogP contribution is 2.41. The number of thioether (sulfide) groups is 1. The summed E-state index contributed by atoms with van der Waals surface area (Å²) in [4.78, 5) is 30.9. The number of nitrogens with zero attached hydrogens (tertiary/aromatic N) is 1. The molecule has 0 amide bonds. The van der Waals surface area contributed by atoms with Gasteiger partial charge in [0.1, 0.15) is 6.10 Å². The number of hydrogen-bond donors (Lipinski definition) is 1. The van der Waals surface area contributed by atoms with E-state index in [0.29, 0.717) is 30.1 Å². The van der Waals surface area contributed by atoms with E-state index in [-0.39, 0.29) is 50.8 Å². The van der Waals surface area contributed by atoms with E-state index in [1.54, 1.807) is 25.1 Å². The molecule has 1 heterocycles. The largest absolute Gasteiger partial charge is 0.489 e. The van der Waals surface area contributed by atoms with Gasteiger partial charge in [-0.05, 0) is 80.3 Å². The second-order valence-electron chi connectivity index (χ2n) is 12.6. The molecule has 51 heavy (non-hydrogen) atoms. The lowest BCUT2D eigenvalue weighted by Gasteiger charge is -2.34. The average molecular weight is 788 g/mol. The van der Waals surface area contributed by atoms with Gasteiger partial charge in [0.2, 0.25) is 10.0 Å². The van der Waals surface area contributed by atoms with Crippen molar-refractivity contribution in [1.29, 1.82) is 0 Å². The highest BCUT2D eigenvalue weighted by atomic mass is 35.5. The molecule has 9 nitrogen and oxygen atoms in total. The zero-order valence-corrected chi connectivity index (χ0v) is 31.9. The van der Waals surface area contributed by atoms with Crippen LogP contribution in [0.1, 0.15) is 77.0 Å². The van der Waals surface area contributed by atoms with Crippen LogP contribution in [0, 0.1) is 5.92 Å². The van der Waals surface area contributed by atoms with E-state index in [9.17, 15) is 26.8 Å². The van der Waals surface area contributed by atoms with E-state index in [0.717, 1.165) is 24.6 Å². The Morgan fingerprint density at radius 3 is 2.29 bits per heavy atom. The summed E-state index contributed by atoms with van der Waals surface area (Å²) in [5.41, 5.74) is 0.880. The van der Waals surface area contributed by atoms with Crippen LogP contribution < -0.4 is 14.2 Å². The first-order chi connectivity index (χ1) is 24.1. The first-order valence-corrected chi connectivity index (χ1v) is 19.7. The van der Waals surface area contributed by atoms with Crippen LogP contribution in [0.5, 0.6) is 11.5 Å². The molecule has 4 rings (SSSR count). The van der Waals surface area contributed by atoms with E-state index < -0.39 is 45.4 Å². The molecule has 1 fully saturated rings. The molecule has 0 saturated heterocycles. The molecular weight excluding hydrogens is 745 g/mol. The maximum atomic E-state index is 14.5. The van der Waals surface area contributed by atoms with Gasteiger partial charge in [0, 0.05) is 30.5 Å². The lowest BCUT2D eigenvalue weighted by molar-refractivity contribution is -0.137. The Morgan fingerprint density at radius 2 is 1.73 bits per heavy atom. The van der Waals surface area contributed by atoms with Crippen molar-refractivity contribution in [2.24, 2.45) is 5.92 Å². The van der Waals surface area contributed by atoms with Crippen molar-refractivity contribution in [3.63, 3.8) is 0 Å². The van der Waals surface area contributed by atoms with Crippen LogP contribution in [0.2, 0.25) is 10.0 Å². The minimum absolute atomic E-state index is 0.0102. The molecule has 1 aliphatic carbocycles. The number of alkyl halides is 2. The fraction of sp³-hybridized carbons (Fsp3) is 0.472. The highest BCUT2D eigenvalue weighted by Gasteiger charge is 2.39. The Bertz CT molecular complexity index is 1750. The van der Waals surface area contributed by atoms with E-state index in [2.05, 4.69) is 9.71 Å². The number of carbonyl (C=O) groups is 2. The summed E-state index contributed by atoms with van der Waals surface area (Å²) in [6.07, 6.45) is 3.10. The number of carbonyl (C=O) groups excluding carboxylic acids is 2. The molecule has 2 aromatic carbocycles. The number of ketones is 1. The molecular formula is C36H42Cl2F2N2O7S2. The molecule has 15 heteroatoms. The molecule has 1 N–H and O–H groups in total. The number of nitrogens with one attached hydrogen (secondary N) is 1. The predicted molar refractivity (Wildman–Crippen MR) is 194 cm³/mol. The van der Waals surface area contributed by atoms with Gasteiger partial charge in [-0.15, -0.1) is 0 Å². The van der Waals surface area contributed by atoms with Gasteiger partial charge in [-0.25, -0.2) is 13.1 Å². The van der Waals surface area contributed by atoms with Crippen molar-refractivity contribution in [2.45, 2.75) is 101 Å². The summed E-state index contributed by atoms with van der Waals surface area (Å²) >= 11 is 14.1. The third-order valence-corrected chi connectivity index (χ3v) is 11.9. The standard InChI is InChI=1S/C36H42Cl2F2N2O7S2/c1-5-29(42-51(45,46)25-10-8-7-9-11-25)34(44)33(18-36(4,6-2)50-22(3)43)48-31(17-26-27(37)19-41-20-28(26)38)24-14-15-30(49-35(39)40)32(16-24)47-21-23-12-13-23/h7-11,14-16,19-20,23,29,31,33,35,42H,5-6,12-13,17-18,21H2,1-4H3. The van der Waals surface area contributed by atoms with Crippen LogP contribution >= 0.6 is 35.0 Å². The normalized spacial score (nSPS) is 16.3. The maximum absolute atomic E-state index is 14.5. The monoisotopic (exact) mass is 786 g/mol. The molecule has 0 radical (unpaired) electrons. The number of benzene rings is 2. The summed E-state index contributed by atoms with van der Waals surface area (Å²) in [6, 6.07) is 10.9. The zero-order valence-electron chi connectivity index (χ0n) is 28.7. The molecule has 4 atom stereocenters. The second-order valence-corrected chi connectivity index (χ2v) is 16.9. The van der Waals surface area contributed by atoms with Crippen LogP contribution in [0.15, 0.2) is 65.8 Å². The Labute approximate surface area is 312 Å². The van der Waals surface area contributed by atoms with E-state index in [1.807, 2.05) is 13.8 Å². The maximum Gasteiger partial charge on any atom is 0.387 e. The summed E-state index contributed by atoms with van der Waals surface area (Å²) < 4.78 is 72.6. The van der Waals surface area contributed by atoms with Gasteiger partial charge in [0.25, 0.3) is 0 Å². The average Bonchev–Trinajstić information content (AvgIpc) is 3.92. The quantitative estimate of drug-likeness (QED) is 0.120. The lowest BCUT2D eigenvalue weighted by atomic mass is 9.93. The second kappa shape index (κ2) is 18.3. The molecule has 278 valence electrons. The van der Waals surface area contributed by atoms with Gasteiger partial charge >= 0.3 is 6.61 Å². The van der Waals surface area contributed by atoms with Crippen molar-refractivity contribution in [3.05, 3.63) is 82.1 Å². The molecule has 0 spiro atoms. The van der Waals surface area contributed by atoms with Crippen molar-refractivity contribution in [3.8, 4) is 11.5 Å². The number of ether oxygens (including phenoxy) is 3. The number of Topliss-reactive ketones (excluding diaryl/α,β-unsaturated/α-hetero) is 1. The first kappa shape index (κ1) is 41.0. The summed E-state index contributed by atoms with van der Waals surface area (Å²) in [7, 11) is -4.11.